The second-order valence-electron chi connectivity index (χ2n) is 8.64. The van der Waals surface area contributed by atoms with E-state index in [1.807, 2.05) is 56.3 Å². The number of anilines is 1. The number of pyridine rings is 1. The van der Waals surface area contributed by atoms with E-state index in [0.717, 1.165) is 33.5 Å². The lowest BCUT2D eigenvalue weighted by molar-refractivity contribution is 0.152. The first kappa shape index (κ1) is 27.4. The number of nitrogens with zero attached hydrogens (tertiary/aromatic N) is 1. The van der Waals surface area contributed by atoms with Gasteiger partial charge < -0.3 is 28.4 Å². The lowest BCUT2D eigenvalue weighted by Crippen LogP contribution is -2.16. The van der Waals surface area contributed by atoms with Gasteiger partial charge in [-0.05, 0) is 73.5 Å². The van der Waals surface area contributed by atoms with E-state index < -0.39 is 6.09 Å². The molecule has 0 fully saturated rings. The van der Waals surface area contributed by atoms with Gasteiger partial charge in [0.15, 0.2) is 11.5 Å². The fourth-order valence-corrected chi connectivity index (χ4v) is 3.93. The van der Waals surface area contributed by atoms with Gasteiger partial charge in [0.25, 0.3) is 0 Å². The van der Waals surface area contributed by atoms with Gasteiger partial charge in [-0.15, -0.1) is 0 Å². The molecule has 204 valence electrons. The predicted molar refractivity (Wildman–Crippen MR) is 149 cm³/mol. The number of hydrogen-bond acceptors (Lipinski definition) is 8. The number of hydrogen-bond donors (Lipinski definition) is 1. The first-order valence-corrected chi connectivity index (χ1v) is 12.4. The smallest absolute Gasteiger partial charge is 0.411 e. The zero-order chi connectivity index (χ0) is 27.8. The van der Waals surface area contributed by atoms with Gasteiger partial charge >= 0.3 is 6.09 Å². The summed E-state index contributed by atoms with van der Waals surface area (Å²) in [5.74, 6) is 3.95. The summed E-state index contributed by atoms with van der Waals surface area (Å²) in [7, 11) is 4.78. The Balaban J connectivity index is 1.35. The molecule has 9 nitrogen and oxygen atoms in total. The molecule has 0 unspecified atom stereocenters. The third-order valence-electron chi connectivity index (χ3n) is 6.25. The maximum absolute atomic E-state index is 12.4. The molecule has 4 rings (SSSR count). The highest BCUT2D eigenvalue weighted by molar-refractivity contribution is 5.89. The van der Waals surface area contributed by atoms with Gasteiger partial charge in [0, 0.05) is 29.8 Å². The quantitative estimate of drug-likeness (QED) is 0.214. The van der Waals surface area contributed by atoms with Gasteiger partial charge in [0.05, 0.1) is 40.1 Å². The van der Waals surface area contributed by atoms with Crippen LogP contribution in [0.25, 0.3) is 10.9 Å². The average Bonchev–Trinajstić information content (AvgIpc) is 2.96. The summed E-state index contributed by atoms with van der Waals surface area (Å²) < 4.78 is 33.2. The monoisotopic (exact) mass is 532 g/mol. The zero-order valence-electron chi connectivity index (χ0n) is 22.7. The molecule has 3 aromatic carbocycles. The van der Waals surface area contributed by atoms with E-state index in [2.05, 4.69) is 10.3 Å². The van der Waals surface area contributed by atoms with Crippen molar-refractivity contribution in [3.05, 3.63) is 71.9 Å². The normalized spacial score (nSPS) is 10.6. The number of ether oxygens (including phenoxy) is 6. The minimum absolute atomic E-state index is 0.227. The van der Waals surface area contributed by atoms with E-state index in [0.29, 0.717) is 41.7 Å². The topological polar surface area (TPSA) is 97.4 Å². The van der Waals surface area contributed by atoms with Crippen molar-refractivity contribution in [3.63, 3.8) is 0 Å². The van der Waals surface area contributed by atoms with Crippen LogP contribution in [0.4, 0.5) is 10.5 Å². The number of carbonyl (C=O) groups excluding carboxylic acids is 1. The Bertz CT molecular complexity index is 1440. The highest BCUT2D eigenvalue weighted by Crippen LogP contribution is 2.38. The van der Waals surface area contributed by atoms with Gasteiger partial charge in [-0.3, -0.25) is 10.3 Å². The number of carbonyl (C=O) groups is 1. The molecule has 0 bridgehead atoms. The molecular formula is C30H32N2O7. The van der Waals surface area contributed by atoms with E-state index >= 15 is 0 Å². The van der Waals surface area contributed by atoms with Crippen molar-refractivity contribution in [1.29, 1.82) is 0 Å². The van der Waals surface area contributed by atoms with Crippen molar-refractivity contribution in [3.8, 4) is 34.5 Å². The Hall–Kier alpha value is -4.66. The average molecular weight is 533 g/mol. The highest BCUT2D eigenvalue weighted by atomic mass is 16.6. The maximum atomic E-state index is 12.4. The Labute approximate surface area is 227 Å². The Morgan fingerprint density at radius 3 is 2.21 bits per heavy atom. The number of benzene rings is 3. The molecule has 0 radical (unpaired) electrons. The van der Waals surface area contributed by atoms with Crippen LogP contribution in [-0.4, -0.2) is 45.6 Å². The lowest BCUT2D eigenvalue weighted by atomic mass is 10.1. The first-order chi connectivity index (χ1) is 18.9. The molecule has 1 amide bonds. The fourth-order valence-electron chi connectivity index (χ4n) is 3.93. The molecule has 0 aliphatic heterocycles. The van der Waals surface area contributed by atoms with E-state index in [1.165, 1.54) is 0 Å². The first-order valence-electron chi connectivity index (χ1n) is 12.4. The number of nitrogens with one attached hydrogen (secondary N) is 1. The number of rotatable bonds is 11. The van der Waals surface area contributed by atoms with Crippen molar-refractivity contribution >= 4 is 22.7 Å². The van der Waals surface area contributed by atoms with Crippen LogP contribution in [0.3, 0.4) is 0 Å². The van der Waals surface area contributed by atoms with Gasteiger partial charge in [-0.25, -0.2) is 4.79 Å². The van der Waals surface area contributed by atoms with Crippen molar-refractivity contribution in [2.75, 3.05) is 39.9 Å². The number of methoxy groups -OCH3 is 3. The molecule has 0 atom stereocenters. The third-order valence-corrected chi connectivity index (χ3v) is 6.25. The molecule has 0 spiro atoms. The summed E-state index contributed by atoms with van der Waals surface area (Å²) >= 11 is 0. The molecular weight excluding hydrogens is 500 g/mol. The molecule has 0 aliphatic rings. The summed E-state index contributed by atoms with van der Waals surface area (Å²) in [4.78, 5) is 16.8. The van der Waals surface area contributed by atoms with Crippen LogP contribution in [-0.2, 0) is 4.74 Å². The minimum atomic E-state index is -0.531. The van der Waals surface area contributed by atoms with Crippen molar-refractivity contribution in [2.45, 2.75) is 20.3 Å². The third kappa shape index (κ3) is 6.62. The van der Waals surface area contributed by atoms with Crippen LogP contribution in [0.2, 0.25) is 0 Å². The van der Waals surface area contributed by atoms with Crippen molar-refractivity contribution in [2.24, 2.45) is 0 Å². The lowest BCUT2D eigenvalue weighted by Gasteiger charge is -2.16. The van der Waals surface area contributed by atoms with E-state index in [-0.39, 0.29) is 6.61 Å². The standard InChI is InChI=1S/C30H32N2O7/c1-19-20(2)26(39-27-13-14-31-25-18-29(36-5)28(35-4)17-23(25)27)12-11-24(19)32-30(33)38-16-6-15-37-22-9-7-21(34-3)8-10-22/h7-14,17-18H,6,15-16H2,1-5H3,(H,32,33). The Kier molecular flexibility index (Phi) is 8.94. The molecule has 1 aromatic heterocycles. The van der Waals surface area contributed by atoms with Gasteiger partial charge in [0.2, 0.25) is 0 Å². The molecule has 0 aliphatic carbocycles. The Morgan fingerprint density at radius 1 is 0.769 bits per heavy atom. The van der Waals surface area contributed by atoms with Crippen LogP contribution in [0, 0.1) is 13.8 Å². The van der Waals surface area contributed by atoms with Crippen LogP contribution in [0.5, 0.6) is 34.5 Å². The molecule has 0 saturated carbocycles. The molecule has 1 N–H and O–H groups in total. The molecule has 4 aromatic rings. The van der Waals surface area contributed by atoms with Gasteiger partial charge in [-0.1, -0.05) is 0 Å². The van der Waals surface area contributed by atoms with Crippen molar-refractivity contribution in [1.82, 2.24) is 4.98 Å². The summed E-state index contributed by atoms with van der Waals surface area (Å²) in [6.45, 7) is 4.50. The summed E-state index contributed by atoms with van der Waals surface area (Å²) in [6, 6.07) is 16.4. The molecule has 0 saturated heterocycles. The van der Waals surface area contributed by atoms with E-state index in [1.54, 1.807) is 39.7 Å². The summed E-state index contributed by atoms with van der Waals surface area (Å²) in [5.41, 5.74) is 3.11. The fraction of sp³-hybridized carbons (Fsp3) is 0.267. The second kappa shape index (κ2) is 12.7. The van der Waals surface area contributed by atoms with Gasteiger partial charge in [0.1, 0.15) is 23.0 Å². The maximum Gasteiger partial charge on any atom is 0.411 e. The SMILES string of the molecule is COc1ccc(OCCCOC(=O)Nc2ccc(Oc3ccnc4cc(OC)c(OC)cc34)c(C)c2C)cc1. The van der Waals surface area contributed by atoms with Gasteiger partial charge in [-0.2, -0.15) is 0 Å². The molecule has 39 heavy (non-hydrogen) atoms. The van der Waals surface area contributed by atoms with Crippen LogP contribution < -0.4 is 29.0 Å². The highest BCUT2D eigenvalue weighted by Gasteiger charge is 2.15. The zero-order valence-corrected chi connectivity index (χ0v) is 22.7. The minimum Gasteiger partial charge on any atom is -0.497 e. The van der Waals surface area contributed by atoms with E-state index in [9.17, 15) is 4.79 Å². The summed E-state index contributed by atoms with van der Waals surface area (Å²) in [6.07, 6.45) is 1.71. The van der Waals surface area contributed by atoms with Crippen LogP contribution in [0.1, 0.15) is 17.5 Å². The number of fused-ring (bicyclic) bond motifs is 1. The van der Waals surface area contributed by atoms with Crippen LogP contribution in [0.15, 0.2) is 60.8 Å². The summed E-state index contributed by atoms with van der Waals surface area (Å²) in [5, 5.41) is 3.59. The second-order valence-corrected chi connectivity index (χ2v) is 8.64. The number of amides is 1. The predicted octanol–water partition coefficient (Wildman–Crippen LogP) is 6.69. The Morgan fingerprint density at radius 2 is 1.49 bits per heavy atom. The van der Waals surface area contributed by atoms with Crippen molar-refractivity contribution < 1.29 is 33.2 Å². The number of aromatic nitrogens is 1. The molecule has 1 heterocycles. The largest absolute Gasteiger partial charge is 0.497 e. The van der Waals surface area contributed by atoms with E-state index in [4.69, 9.17) is 28.4 Å². The molecule has 9 heteroatoms. The van der Waals surface area contributed by atoms with Crippen LogP contribution >= 0.6 is 0 Å².